The number of hydrogen-bond acceptors (Lipinski definition) is 5. The maximum absolute atomic E-state index is 13.1. The number of aliphatic carboxylic acids is 2. The smallest absolute Gasteiger partial charge is 0.334 e. The summed E-state index contributed by atoms with van der Waals surface area (Å²) >= 11 is 0. The van der Waals surface area contributed by atoms with Crippen LogP contribution in [0.3, 0.4) is 0 Å². The fourth-order valence-corrected chi connectivity index (χ4v) is 7.20. The van der Waals surface area contributed by atoms with Crippen molar-refractivity contribution in [2.75, 3.05) is 26.9 Å². The quantitative estimate of drug-likeness (QED) is 0.119. The zero-order valence-corrected chi connectivity index (χ0v) is 28.4. The van der Waals surface area contributed by atoms with Crippen molar-refractivity contribution in [3.05, 3.63) is 57.9 Å². The fourth-order valence-electron chi connectivity index (χ4n) is 7.20. The van der Waals surface area contributed by atoms with Gasteiger partial charge < -0.3 is 24.6 Å². The summed E-state index contributed by atoms with van der Waals surface area (Å²) < 4.78 is 11.7. The standard InChI is InChI=1S/C37H59NO6/c1-7-10-11-12-13-14-15-16-17-18-19-23-31(44-9-3)27-30-22-20-21-24-32(30)37(25-26-43-6)33(35(39)40)28(4)38(8-2)29(5)34(37)36(41)42/h20-22,24,31H,7-19,23,25-27H2,1-6H3,(H,39,40)(H,41,42). The van der Waals surface area contributed by atoms with Crippen LogP contribution in [0.4, 0.5) is 0 Å². The third kappa shape index (κ3) is 9.68. The van der Waals surface area contributed by atoms with Crippen LogP contribution in [0.25, 0.3) is 0 Å². The molecule has 2 rings (SSSR count). The maximum Gasteiger partial charge on any atom is 0.334 e. The van der Waals surface area contributed by atoms with Crippen molar-refractivity contribution >= 4 is 11.9 Å². The van der Waals surface area contributed by atoms with E-state index in [1.165, 1.54) is 64.2 Å². The molecule has 1 aliphatic rings. The topological polar surface area (TPSA) is 96.3 Å². The molecule has 0 spiro atoms. The number of ether oxygens (including phenoxy) is 2. The molecule has 0 fully saturated rings. The molecule has 1 aliphatic heterocycles. The molecular weight excluding hydrogens is 554 g/mol. The molecule has 2 N–H and O–H groups in total. The van der Waals surface area contributed by atoms with E-state index in [0.29, 0.717) is 36.5 Å². The number of methoxy groups -OCH3 is 1. The summed E-state index contributed by atoms with van der Waals surface area (Å²) in [6, 6.07) is 7.74. The fraction of sp³-hybridized carbons (Fsp3) is 0.676. The summed E-state index contributed by atoms with van der Waals surface area (Å²) in [6.45, 7) is 11.0. The highest BCUT2D eigenvalue weighted by Gasteiger charge is 2.52. The minimum Gasteiger partial charge on any atom is -0.478 e. The van der Waals surface area contributed by atoms with E-state index in [1.54, 1.807) is 25.9 Å². The van der Waals surface area contributed by atoms with E-state index in [-0.39, 0.29) is 30.3 Å². The van der Waals surface area contributed by atoms with Crippen LogP contribution in [0.1, 0.15) is 129 Å². The lowest BCUT2D eigenvalue weighted by Crippen LogP contribution is -2.47. The first-order chi connectivity index (χ1) is 21.2. The number of carboxylic acids is 2. The zero-order chi connectivity index (χ0) is 32.5. The average molecular weight is 614 g/mol. The van der Waals surface area contributed by atoms with Crippen LogP contribution >= 0.6 is 0 Å². The molecule has 0 saturated heterocycles. The Balaban J connectivity index is 2.34. The lowest BCUT2D eigenvalue weighted by molar-refractivity contribution is -0.134. The number of carbonyl (C=O) groups is 2. The number of unbranched alkanes of at least 4 members (excludes halogenated alkanes) is 10. The Kier molecular flexibility index (Phi) is 16.8. The number of hydrogen-bond donors (Lipinski definition) is 2. The highest BCUT2D eigenvalue weighted by atomic mass is 16.5. The summed E-state index contributed by atoms with van der Waals surface area (Å²) in [5, 5.41) is 21.3. The minimum absolute atomic E-state index is 0.0355. The normalized spacial score (nSPS) is 15.6. The van der Waals surface area contributed by atoms with Gasteiger partial charge in [-0.1, -0.05) is 102 Å². The van der Waals surface area contributed by atoms with E-state index < -0.39 is 17.4 Å². The number of allylic oxidation sites excluding steroid dienone is 2. The van der Waals surface area contributed by atoms with Gasteiger partial charge in [-0.25, -0.2) is 9.59 Å². The van der Waals surface area contributed by atoms with Crippen molar-refractivity contribution in [3.8, 4) is 0 Å². The minimum atomic E-state index is -1.38. The summed E-state index contributed by atoms with van der Waals surface area (Å²) in [6.07, 6.45) is 15.8. The van der Waals surface area contributed by atoms with Crippen LogP contribution in [0.2, 0.25) is 0 Å². The first kappa shape index (κ1) is 37.5. The number of benzene rings is 1. The molecule has 7 nitrogen and oxygen atoms in total. The van der Waals surface area contributed by atoms with Gasteiger partial charge in [0.05, 0.1) is 22.7 Å². The van der Waals surface area contributed by atoms with Crippen molar-refractivity contribution in [1.29, 1.82) is 0 Å². The van der Waals surface area contributed by atoms with Crippen molar-refractivity contribution in [3.63, 3.8) is 0 Å². The van der Waals surface area contributed by atoms with E-state index in [9.17, 15) is 19.8 Å². The van der Waals surface area contributed by atoms with Gasteiger partial charge in [0.25, 0.3) is 0 Å². The van der Waals surface area contributed by atoms with Gasteiger partial charge in [0, 0.05) is 38.3 Å². The van der Waals surface area contributed by atoms with Gasteiger partial charge >= 0.3 is 11.9 Å². The molecule has 0 amide bonds. The van der Waals surface area contributed by atoms with Gasteiger partial charge in [-0.15, -0.1) is 0 Å². The van der Waals surface area contributed by atoms with Crippen LogP contribution < -0.4 is 0 Å². The second kappa shape index (κ2) is 19.7. The van der Waals surface area contributed by atoms with Crippen LogP contribution in [0.5, 0.6) is 0 Å². The van der Waals surface area contributed by atoms with E-state index in [2.05, 4.69) is 6.92 Å². The molecule has 1 unspecified atom stereocenters. The van der Waals surface area contributed by atoms with Crippen molar-refractivity contribution in [2.45, 2.75) is 136 Å². The third-order valence-electron chi connectivity index (χ3n) is 9.27. The lowest BCUT2D eigenvalue weighted by atomic mass is 9.62. The molecule has 1 heterocycles. The number of nitrogens with zero attached hydrogens (tertiary/aromatic N) is 1. The molecule has 0 radical (unpaired) electrons. The van der Waals surface area contributed by atoms with Gasteiger partial charge in [-0.05, 0) is 58.1 Å². The van der Waals surface area contributed by atoms with Crippen LogP contribution in [-0.4, -0.2) is 60.0 Å². The van der Waals surface area contributed by atoms with Crippen LogP contribution in [-0.2, 0) is 30.9 Å². The van der Waals surface area contributed by atoms with Gasteiger partial charge in [-0.2, -0.15) is 0 Å². The van der Waals surface area contributed by atoms with E-state index >= 15 is 0 Å². The molecule has 1 aromatic rings. The Labute approximate surface area is 266 Å². The highest BCUT2D eigenvalue weighted by Crippen LogP contribution is 2.50. The Hall–Kier alpha value is -2.64. The average Bonchev–Trinajstić information content (AvgIpc) is 2.98. The zero-order valence-electron chi connectivity index (χ0n) is 28.4. The molecule has 0 bridgehead atoms. The van der Waals surface area contributed by atoms with Gasteiger partial charge in [0.15, 0.2) is 0 Å². The van der Waals surface area contributed by atoms with Crippen molar-refractivity contribution in [1.82, 2.24) is 4.90 Å². The SMILES string of the molecule is CCCCCCCCCCCCCC(Cc1ccccc1C1(CCOC)C(C(=O)O)=C(C)N(CC)C(C)=C1C(=O)O)OCC. The van der Waals surface area contributed by atoms with E-state index in [4.69, 9.17) is 9.47 Å². The molecule has 0 aliphatic carbocycles. The molecule has 1 atom stereocenters. The molecular formula is C37H59NO6. The Morgan fingerprint density at radius 3 is 1.82 bits per heavy atom. The van der Waals surface area contributed by atoms with Crippen molar-refractivity contribution < 1.29 is 29.3 Å². The molecule has 7 heteroatoms. The Morgan fingerprint density at radius 1 is 0.818 bits per heavy atom. The predicted molar refractivity (Wildman–Crippen MR) is 178 cm³/mol. The van der Waals surface area contributed by atoms with Crippen molar-refractivity contribution in [2.24, 2.45) is 0 Å². The molecule has 0 aromatic heterocycles. The van der Waals surface area contributed by atoms with Gasteiger partial charge in [-0.3, -0.25) is 0 Å². The maximum atomic E-state index is 13.1. The largest absolute Gasteiger partial charge is 0.478 e. The lowest BCUT2D eigenvalue weighted by Gasteiger charge is -2.45. The Bertz CT molecular complexity index is 1070. The predicted octanol–water partition coefficient (Wildman–Crippen LogP) is 8.66. The second-order valence-corrected chi connectivity index (χ2v) is 12.2. The van der Waals surface area contributed by atoms with Gasteiger partial charge in [0.2, 0.25) is 0 Å². The summed E-state index contributed by atoms with van der Waals surface area (Å²) in [4.78, 5) is 27.9. The summed E-state index contributed by atoms with van der Waals surface area (Å²) in [5.74, 6) is -2.22. The number of rotatable bonds is 23. The van der Waals surface area contributed by atoms with Crippen LogP contribution in [0, 0.1) is 0 Å². The first-order valence-corrected chi connectivity index (χ1v) is 17.1. The summed E-state index contributed by atoms with van der Waals surface area (Å²) in [7, 11) is 1.56. The molecule has 1 aromatic carbocycles. The highest BCUT2D eigenvalue weighted by molar-refractivity contribution is 6.00. The Morgan fingerprint density at radius 2 is 1.34 bits per heavy atom. The third-order valence-corrected chi connectivity index (χ3v) is 9.27. The van der Waals surface area contributed by atoms with Gasteiger partial charge in [0.1, 0.15) is 0 Å². The van der Waals surface area contributed by atoms with Crippen LogP contribution in [0.15, 0.2) is 46.8 Å². The molecule has 44 heavy (non-hydrogen) atoms. The second-order valence-electron chi connectivity index (χ2n) is 12.2. The van der Waals surface area contributed by atoms with E-state index in [0.717, 1.165) is 18.4 Å². The molecule has 0 saturated carbocycles. The monoisotopic (exact) mass is 613 g/mol. The number of carboxylic acid groups (broad SMARTS) is 2. The molecule has 248 valence electrons. The summed E-state index contributed by atoms with van der Waals surface area (Å²) in [5.41, 5.74) is 1.59. The van der Waals surface area contributed by atoms with E-state index in [1.807, 2.05) is 38.1 Å². The first-order valence-electron chi connectivity index (χ1n) is 17.1.